The largest absolute Gasteiger partial charge is 0.573 e. The molecular formula is C22H17F3N4O3. The number of amides is 3. The van der Waals surface area contributed by atoms with Crippen LogP contribution in [0.15, 0.2) is 67.1 Å². The lowest BCUT2D eigenvalue weighted by atomic mass is 10.1. The standard InChI is InChI=1S/C22H17F3N4O3/c1-14-20(30)29(16-5-7-17(8-6-16)32-22(23,24)25)21(31)28(14)13-15-9-11-26-12-18(15)19-4-2-3-10-27-19/h2-12,14H,13H2,1H3. The maximum Gasteiger partial charge on any atom is 0.573 e. The van der Waals surface area contributed by atoms with E-state index < -0.39 is 30.1 Å². The zero-order chi connectivity index (χ0) is 22.9. The minimum absolute atomic E-state index is 0.131. The number of carbonyl (C=O) groups is 2. The summed E-state index contributed by atoms with van der Waals surface area (Å²) in [7, 11) is 0. The van der Waals surface area contributed by atoms with E-state index >= 15 is 0 Å². The van der Waals surface area contributed by atoms with Gasteiger partial charge < -0.3 is 9.64 Å². The molecule has 1 aromatic carbocycles. The normalized spacial score (nSPS) is 16.6. The molecule has 0 bridgehead atoms. The topological polar surface area (TPSA) is 75.6 Å². The molecule has 0 spiro atoms. The van der Waals surface area contributed by atoms with Gasteiger partial charge >= 0.3 is 12.4 Å². The average Bonchev–Trinajstić information content (AvgIpc) is 2.97. The number of nitrogens with zero attached hydrogens (tertiary/aromatic N) is 4. The SMILES string of the molecule is CC1C(=O)N(c2ccc(OC(F)(F)F)cc2)C(=O)N1Cc1ccncc1-c1ccccn1. The Hall–Kier alpha value is -3.95. The van der Waals surface area contributed by atoms with Crippen LogP contribution in [-0.4, -0.2) is 39.2 Å². The first-order valence-electron chi connectivity index (χ1n) is 9.59. The number of carbonyl (C=O) groups excluding carboxylic acids is 2. The zero-order valence-electron chi connectivity index (χ0n) is 16.8. The van der Waals surface area contributed by atoms with Crippen molar-refractivity contribution in [1.82, 2.24) is 14.9 Å². The molecule has 1 aliphatic rings. The Morgan fingerprint density at radius 1 is 1.03 bits per heavy atom. The van der Waals surface area contributed by atoms with E-state index in [0.717, 1.165) is 28.2 Å². The van der Waals surface area contributed by atoms with Gasteiger partial charge in [0.15, 0.2) is 0 Å². The van der Waals surface area contributed by atoms with E-state index in [9.17, 15) is 22.8 Å². The summed E-state index contributed by atoms with van der Waals surface area (Å²) < 4.78 is 41.0. The van der Waals surface area contributed by atoms with E-state index in [1.54, 1.807) is 37.6 Å². The van der Waals surface area contributed by atoms with Crippen molar-refractivity contribution in [2.24, 2.45) is 0 Å². The van der Waals surface area contributed by atoms with Crippen LogP contribution in [0.5, 0.6) is 5.75 Å². The van der Waals surface area contributed by atoms with Crippen LogP contribution in [0.2, 0.25) is 0 Å². The minimum atomic E-state index is -4.83. The molecule has 0 radical (unpaired) electrons. The number of imide groups is 1. The van der Waals surface area contributed by atoms with Crippen LogP contribution >= 0.6 is 0 Å². The van der Waals surface area contributed by atoms with Gasteiger partial charge in [0.1, 0.15) is 11.8 Å². The van der Waals surface area contributed by atoms with Gasteiger partial charge in [-0.15, -0.1) is 13.2 Å². The summed E-state index contributed by atoms with van der Waals surface area (Å²) in [5.41, 5.74) is 2.32. The molecule has 3 aromatic rings. The minimum Gasteiger partial charge on any atom is -0.406 e. The molecule has 3 amide bonds. The number of ether oxygens (including phenoxy) is 1. The molecule has 0 N–H and O–H groups in total. The second kappa shape index (κ2) is 8.29. The molecule has 1 fully saturated rings. The molecule has 1 unspecified atom stereocenters. The van der Waals surface area contributed by atoms with Crippen molar-refractivity contribution in [2.45, 2.75) is 25.9 Å². The average molecular weight is 442 g/mol. The molecule has 164 valence electrons. The van der Waals surface area contributed by atoms with E-state index in [1.807, 2.05) is 12.1 Å². The van der Waals surface area contributed by atoms with Gasteiger partial charge in [-0.2, -0.15) is 0 Å². The number of aromatic nitrogens is 2. The molecule has 1 atom stereocenters. The Bertz CT molecular complexity index is 1140. The number of pyridine rings is 2. The van der Waals surface area contributed by atoms with Gasteiger partial charge in [-0.3, -0.25) is 14.8 Å². The third-order valence-corrected chi connectivity index (χ3v) is 5.00. The number of hydrogen-bond donors (Lipinski definition) is 0. The van der Waals surface area contributed by atoms with E-state index in [1.165, 1.54) is 17.0 Å². The van der Waals surface area contributed by atoms with Gasteiger partial charge in [-0.25, -0.2) is 9.69 Å². The van der Waals surface area contributed by atoms with E-state index in [2.05, 4.69) is 14.7 Å². The Labute approximate surface area is 181 Å². The lowest BCUT2D eigenvalue weighted by Crippen LogP contribution is -2.33. The van der Waals surface area contributed by atoms with Crippen molar-refractivity contribution in [1.29, 1.82) is 0 Å². The van der Waals surface area contributed by atoms with Crippen molar-refractivity contribution in [3.63, 3.8) is 0 Å². The summed E-state index contributed by atoms with van der Waals surface area (Å²) in [5, 5.41) is 0. The van der Waals surface area contributed by atoms with Crippen molar-refractivity contribution in [3.8, 4) is 17.0 Å². The van der Waals surface area contributed by atoms with Crippen LogP contribution in [0.3, 0.4) is 0 Å². The Balaban J connectivity index is 1.58. The highest BCUT2D eigenvalue weighted by Crippen LogP contribution is 2.31. The summed E-state index contributed by atoms with van der Waals surface area (Å²) in [5.74, 6) is -0.921. The smallest absolute Gasteiger partial charge is 0.406 e. The van der Waals surface area contributed by atoms with Crippen LogP contribution in [0.1, 0.15) is 12.5 Å². The molecule has 10 heteroatoms. The number of urea groups is 1. The Morgan fingerprint density at radius 2 is 1.78 bits per heavy atom. The van der Waals surface area contributed by atoms with Crippen molar-refractivity contribution >= 4 is 17.6 Å². The van der Waals surface area contributed by atoms with Crippen LogP contribution in [0, 0.1) is 0 Å². The molecule has 0 aliphatic carbocycles. The lowest BCUT2D eigenvalue weighted by molar-refractivity contribution is -0.274. The van der Waals surface area contributed by atoms with Gasteiger partial charge in [0.05, 0.1) is 11.4 Å². The number of hydrogen-bond acceptors (Lipinski definition) is 5. The van der Waals surface area contributed by atoms with Gasteiger partial charge in [0.25, 0.3) is 5.91 Å². The lowest BCUT2D eigenvalue weighted by Gasteiger charge is -2.21. The summed E-state index contributed by atoms with van der Waals surface area (Å²) >= 11 is 0. The molecule has 3 heterocycles. The second-order valence-corrected chi connectivity index (χ2v) is 7.05. The number of alkyl halides is 3. The predicted octanol–water partition coefficient (Wildman–Crippen LogP) is 4.40. The van der Waals surface area contributed by atoms with Crippen molar-refractivity contribution < 1.29 is 27.5 Å². The van der Waals surface area contributed by atoms with Crippen LogP contribution in [0.25, 0.3) is 11.3 Å². The fourth-order valence-corrected chi connectivity index (χ4v) is 3.45. The summed E-state index contributed by atoms with van der Waals surface area (Å²) in [6.45, 7) is 1.73. The molecule has 2 aromatic heterocycles. The fraction of sp³-hybridized carbons (Fsp3) is 0.182. The molecule has 1 saturated heterocycles. The predicted molar refractivity (Wildman–Crippen MR) is 108 cm³/mol. The summed E-state index contributed by atoms with van der Waals surface area (Å²) in [4.78, 5) is 36.7. The van der Waals surface area contributed by atoms with Crippen LogP contribution < -0.4 is 9.64 Å². The van der Waals surface area contributed by atoms with Crippen molar-refractivity contribution in [2.75, 3.05) is 4.90 Å². The van der Waals surface area contributed by atoms with Gasteiger partial charge in [-0.1, -0.05) is 6.07 Å². The number of halogens is 3. The third kappa shape index (κ3) is 4.25. The highest BCUT2D eigenvalue weighted by Gasteiger charge is 2.43. The monoisotopic (exact) mass is 442 g/mol. The van der Waals surface area contributed by atoms with Crippen LogP contribution in [0.4, 0.5) is 23.7 Å². The quantitative estimate of drug-likeness (QED) is 0.548. The molecule has 4 rings (SSSR count). The maximum absolute atomic E-state index is 13.1. The van der Waals surface area contributed by atoms with Gasteiger partial charge in [-0.05, 0) is 55.0 Å². The molecule has 7 nitrogen and oxygen atoms in total. The zero-order valence-corrected chi connectivity index (χ0v) is 16.8. The van der Waals surface area contributed by atoms with Crippen LogP contribution in [-0.2, 0) is 11.3 Å². The third-order valence-electron chi connectivity index (χ3n) is 5.00. The van der Waals surface area contributed by atoms with E-state index in [-0.39, 0.29) is 12.2 Å². The Kier molecular flexibility index (Phi) is 5.52. The van der Waals surface area contributed by atoms with E-state index in [0.29, 0.717) is 5.69 Å². The molecule has 0 saturated carbocycles. The highest BCUT2D eigenvalue weighted by molar-refractivity contribution is 6.21. The first kappa shape index (κ1) is 21.3. The number of benzene rings is 1. The van der Waals surface area contributed by atoms with Crippen molar-refractivity contribution in [3.05, 3.63) is 72.7 Å². The summed E-state index contributed by atoms with van der Waals surface area (Å²) in [6.07, 6.45) is 0.0446. The summed E-state index contributed by atoms with van der Waals surface area (Å²) in [6, 6.07) is 10.4. The number of anilines is 1. The molecular weight excluding hydrogens is 425 g/mol. The second-order valence-electron chi connectivity index (χ2n) is 7.05. The molecule has 32 heavy (non-hydrogen) atoms. The highest BCUT2D eigenvalue weighted by atomic mass is 19.4. The maximum atomic E-state index is 13.1. The van der Waals surface area contributed by atoms with Gasteiger partial charge in [0, 0.05) is 30.7 Å². The number of rotatable bonds is 5. The fourth-order valence-electron chi connectivity index (χ4n) is 3.45. The Morgan fingerprint density at radius 3 is 2.44 bits per heavy atom. The molecule has 1 aliphatic heterocycles. The van der Waals surface area contributed by atoms with E-state index in [4.69, 9.17) is 0 Å². The first-order valence-corrected chi connectivity index (χ1v) is 9.59. The van der Waals surface area contributed by atoms with Gasteiger partial charge in [0.2, 0.25) is 0 Å². The first-order chi connectivity index (χ1) is 15.2.